The molecule has 3 rings (SSSR count). The maximum Gasteiger partial charge on any atom is 0.237 e. The number of pyridine rings is 2. The number of rotatable bonds is 9. The van der Waals surface area contributed by atoms with E-state index in [9.17, 15) is 9.18 Å². The molecule has 0 radical (unpaired) electrons. The van der Waals surface area contributed by atoms with Gasteiger partial charge in [0, 0.05) is 42.3 Å². The van der Waals surface area contributed by atoms with Crippen LogP contribution in [-0.2, 0) is 21.3 Å². The molecule has 0 aliphatic carbocycles. The van der Waals surface area contributed by atoms with Gasteiger partial charge in [-0.1, -0.05) is 0 Å². The number of carbonyl (C=O) groups is 1. The maximum atomic E-state index is 12.9. The maximum absolute atomic E-state index is 12.9. The van der Waals surface area contributed by atoms with Gasteiger partial charge in [0.1, 0.15) is 24.5 Å². The van der Waals surface area contributed by atoms with E-state index in [4.69, 9.17) is 20.2 Å². The number of aromatic nitrogens is 4. The summed E-state index contributed by atoms with van der Waals surface area (Å²) in [7, 11) is 4.63. The first-order chi connectivity index (χ1) is 15.8. The molecule has 3 aromatic heterocycles. The van der Waals surface area contributed by atoms with Crippen LogP contribution >= 0.6 is 0 Å². The Morgan fingerprint density at radius 1 is 1.15 bits per heavy atom. The summed E-state index contributed by atoms with van der Waals surface area (Å²) in [5, 5.41) is 4.19. The number of amides is 1. The standard InChI is InChI=1S/C23H25FN6O3/c1-15(7-18(32-3)9-19(10-24)33-4)30(14-22(25)31)23-6-5-20-21(28-23)8-16(11-26-20)17-12-27-29(2)13-17/h5-13H,14H2,1-4H3,(H2,25,31)/b15-7+,18-9+,19-10-. The molecule has 0 unspecified atom stereocenters. The second-order valence-electron chi connectivity index (χ2n) is 7.14. The molecule has 0 aliphatic heterocycles. The molecule has 0 aliphatic rings. The van der Waals surface area contributed by atoms with Crippen molar-refractivity contribution in [1.82, 2.24) is 19.7 Å². The van der Waals surface area contributed by atoms with E-state index in [1.54, 1.807) is 41.0 Å². The molecule has 172 valence electrons. The number of halogens is 1. The van der Waals surface area contributed by atoms with Gasteiger partial charge in [0.25, 0.3) is 0 Å². The number of hydrogen-bond acceptors (Lipinski definition) is 7. The van der Waals surface area contributed by atoms with E-state index < -0.39 is 5.91 Å². The lowest BCUT2D eigenvalue weighted by atomic mass is 10.1. The first-order valence-electron chi connectivity index (χ1n) is 9.94. The van der Waals surface area contributed by atoms with Crippen molar-refractivity contribution in [2.45, 2.75) is 6.92 Å². The fraction of sp³-hybridized carbons (Fsp3) is 0.217. The molecule has 0 bridgehead atoms. The van der Waals surface area contributed by atoms with Crippen molar-refractivity contribution in [3.8, 4) is 11.1 Å². The third kappa shape index (κ3) is 5.73. The minimum absolute atomic E-state index is 0.0183. The van der Waals surface area contributed by atoms with Crippen LogP contribution in [-0.4, -0.2) is 46.4 Å². The van der Waals surface area contributed by atoms with Crippen LogP contribution in [0.4, 0.5) is 10.2 Å². The molecule has 0 fully saturated rings. The number of nitrogens with two attached hydrogens (primary N) is 1. The summed E-state index contributed by atoms with van der Waals surface area (Å²) < 4.78 is 24.8. The van der Waals surface area contributed by atoms with Crippen LogP contribution in [0.2, 0.25) is 0 Å². The molecule has 33 heavy (non-hydrogen) atoms. The van der Waals surface area contributed by atoms with Gasteiger partial charge in [-0.2, -0.15) is 5.10 Å². The highest BCUT2D eigenvalue weighted by molar-refractivity contribution is 5.84. The average molecular weight is 452 g/mol. The van der Waals surface area contributed by atoms with Gasteiger partial charge in [-0.3, -0.25) is 14.5 Å². The van der Waals surface area contributed by atoms with E-state index in [0.29, 0.717) is 34.6 Å². The average Bonchev–Trinajstić information content (AvgIpc) is 3.25. The van der Waals surface area contributed by atoms with Gasteiger partial charge in [0.05, 0.1) is 31.4 Å². The Balaban J connectivity index is 2.03. The summed E-state index contributed by atoms with van der Waals surface area (Å²) in [5.41, 5.74) is 9.20. The molecule has 0 spiro atoms. The predicted molar refractivity (Wildman–Crippen MR) is 123 cm³/mol. The number of ether oxygens (including phenoxy) is 2. The summed E-state index contributed by atoms with van der Waals surface area (Å²) in [6.07, 6.45) is 8.72. The van der Waals surface area contributed by atoms with Crippen LogP contribution in [0.15, 0.2) is 72.5 Å². The first kappa shape index (κ1) is 23.5. The SMILES string of the molecule is COC(=C\F)/C=C(\C=C(/C)N(CC(N)=O)c1ccc2ncc(-c3cnn(C)c3)cc2n1)OC. The molecule has 2 N–H and O–H groups in total. The normalized spacial score (nSPS) is 12.7. The van der Waals surface area contributed by atoms with Gasteiger partial charge in [-0.15, -0.1) is 0 Å². The molecule has 3 aromatic rings. The number of nitrogens with zero attached hydrogens (tertiary/aromatic N) is 5. The lowest BCUT2D eigenvalue weighted by Gasteiger charge is -2.23. The van der Waals surface area contributed by atoms with E-state index in [2.05, 4.69) is 10.1 Å². The van der Waals surface area contributed by atoms with Crippen molar-refractivity contribution in [1.29, 1.82) is 0 Å². The van der Waals surface area contributed by atoms with Crippen molar-refractivity contribution < 1.29 is 18.7 Å². The highest BCUT2D eigenvalue weighted by atomic mass is 19.1. The third-order valence-electron chi connectivity index (χ3n) is 4.79. The highest BCUT2D eigenvalue weighted by Gasteiger charge is 2.15. The molecule has 9 nitrogen and oxygen atoms in total. The number of fused-ring (bicyclic) bond motifs is 1. The molecule has 3 heterocycles. The Bertz CT molecular complexity index is 1250. The van der Waals surface area contributed by atoms with Crippen molar-refractivity contribution in [3.63, 3.8) is 0 Å². The highest BCUT2D eigenvalue weighted by Crippen LogP contribution is 2.25. The van der Waals surface area contributed by atoms with Crippen LogP contribution in [0, 0.1) is 0 Å². The van der Waals surface area contributed by atoms with Crippen molar-refractivity contribution >= 4 is 22.8 Å². The fourth-order valence-corrected chi connectivity index (χ4v) is 3.14. The number of aryl methyl sites for hydroxylation is 1. The van der Waals surface area contributed by atoms with E-state index in [1.807, 2.05) is 25.4 Å². The molecule has 1 amide bonds. The van der Waals surface area contributed by atoms with Crippen LogP contribution < -0.4 is 10.6 Å². The zero-order chi connectivity index (χ0) is 24.0. The van der Waals surface area contributed by atoms with E-state index in [1.165, 1.54) is 20.3 Å². The van der Waals surface area contributed by atoms with E-state index >= 15 is 0 Å². The molecule has 0 atom stereocenters. The smallest absolute Gasteiger partial charge is 0.237 e. The second-order valence-corrected chi connectivity index (χ2v) is 7.14. The minimum Gasteiger partial charge on any atom is -0.497 e. The number of methoxy groups -OCH3 is 2. The summed E-state index contributed by atoms with van der Waals surface area (Å²) in [6, 6.07) is 5.47. The summed E-state index contributed by atoms with van der Waals surface area (Å²) in [6.45, 7) is 1.64. The molecule has 0 saturated heterocycles. The van der Waals surface area contributed by atoms with Crippen molar-refractivity contribution in [3.05, 3.63) is 72.5 Å². The van der Waals surface area contributed by atoms with E-state index in [-0.39, 0.29) is 12.3 Å². The van der Waals surface area contributed by atoms with Crippen LogP contribution in [0.25, 0.3) is 22.2 Å². The molecule has 0 saturated carbocycles. The van der Waals surface area contributed by atoms with Crippen LogP contribution in [0.1, 0.15) is 6.92 Å². The Hall–Kier alpha value is -4.21. The largest absolute Gasteiger partial charge is 0.497 e. The van der Waals surface area contributed by atoms with Gasteiger partial charge >= 0.3 is 0 Å². The molecular formula is C23H25FN6O3. The topological polar surface area (TPSA) is 108 Å². The van der Waals surface area contributed by atoms with E-state index in [0.717, 1.165) is 11.1 Å². The van der Waals surface area contributed by atoms with Gasteiger partial charge in [-0.05, 0) is 31.2 Å². The zero-order valence-corrected chi connectivity index (χ0v) is 18.8. The third-order valence-corrected chi connectivity index (χ3v) is 4.79. The summed E-state index contributed by atoms with van der Waals surface area (Å²) in [5.74, 6) is 0.240. The minimum atomic E-state index is -0.545. The van der Waals surface area contributed by atoms with Crippen LogP contribution in [0.3, 0.4) is 0 Å². The summed E-state index contributed by atoms with van der Waals surface area (Å²) >= 11 is 0. The number of anilines is 1. The van der Waals surface area contributed by atoms with Crippen molar-refractivity contribution in [2.75, 3.05) is 25.7 Å². The predicted octanol–water partition coefficient (Wildman–Crippen LogP) is 3.21. The lowest BCUT2D eigenvalue weighted by molar-refractivity contribution is -0.116. The Morgan fingerprint density at radius 2 is 1.91 bits per heavy atom. The second kappa shape index (κ2) is 10.4. The Labute approximate surface area is 190 Å². The van der Waals surface area contributed by atoms with Gasteiger partial charge < -0.3 is 20.1 Å². The zero-order valence-electron chi connectivity index (χ0n) is 18.8. The fourth-order valence-electron chi connectivity index (χ4n) is 3.14. The quantitative estimate of drug-likeness (QED) is 0.392. The Kier molecular flexibility index (Phi) is 7.39. The number of allylic oxidation sites excluding steroid dienone is 3. The first-order valence-corrected chi connectivity index (χ1v) is 9.94. The number of primary amides is 1. The van der Waals surface area contributed by atoms with Gasteiger partial charge in [0.15, 0.2) is 5.76 Å². The number of hydrogen-bond donors (Lipinski definition) is 1. The molecule has 0 aromatic carbocycles. The van der Waals surface area contributed by atoms with Gasteiger partial charge in [0.2, 0.25) is 5.91 Å². The molecular weight excluding hydrogens is 427 g/mol. The van der Waals surface area contributed by atoms with Crippen LogP contribution in [0.5, 0.6) is 0 Å². The lowest BCUT2D eigenvalue weighted by Crippen LogP contribution is -2.33. The Morgan fingerprint density at radius 3 is 2.52 bits per heavy atom. The monoisotopic (exact) mass is 452 g/mol. The van der Waals surface area contributed by atoms with Crippen molar-refractivity contribution in [2.24, 2.45) is 12.8 Å². The number of carbonyl (C=O) groups excluding carboxylic acids is 1. The molecule has 10 heteroatoms. The summed E-state index contributed by atoms with van der Waals surface area (Å²) in [4.78, 5) is 22.6. The van der Waals surface area contributed by atoms with Gasteiger partial charge in [-0.25, -0.2) is 9.37 Å².